The van der Waals surface area contributed by atoms with Gasteiger partial charge in [-0.05, 0) is 0 Å². The molecule has 1 aliphatic carbocycles. The Hall–Kier alpha value is -2.19. The number of hydrogen-bond acceptors (Lipinski definition) is 2. The van der Waals surface area contributed by atoms with Gasteiger partial charge >= 0.3 is 187 Å². The zero-order chi connectivity index (χ0) is 22.8. The topological polar surface area (TPSA) is 58.2 Å². The van der Waals surface area contributed by atoms with Crippen LogP contribution >= 0.6 is 7.26 Å². The molecule has 0 heterocycles. The molecule has 0 aromatic heterocycles. The van der Waals surface area contributed by atoms with Crippen molar-refractivity contribution in [2.24, 2.45) is 0 Å². The van der Waals surface area contributed by atoms with Gasteiger partial charge in [0.15, 0.2) is 0 Å². The van der Waals surface area contributed by atoms with Crippen LogP contribution in [0.3, 0.4) is 0 Å². The Labute approximate surface area is 187 Å². The fraction of sp³-hybridized carbons (Fsp3) is 0.462. The van der Waals surface area contributed by atoms with Gasteiger partial charge in [0.1, 0.15) is 0 Å². The summed E-state index contributed by atoms with van der Waals surface area (Å²) >= 11 is 0. The van der Waals surface area contributed by atoms with Gasteiger partial charge in [0.05, 0.1) is 0 Å². The van der Waals surface area contributed by atoms with E-state index in [4.69, 9.17) is 0 Å². The molecule has 0 saturated heterocycles. The van der Waals surface area contributed by atoms with Crippen molar-refractivity contribution in [2.75, 3.05) is 29.1 Å². The molecule has 4 nitrogen and oxygen atoms in total. The molecule has 2 aromatic carbocycles. The molecule has 1 saturated carbocycles. The number of aryl methyl sites for hydroxylation is 4. The second kappa shape index (κ2) is 9.12. The number of amides is 2. The Morgan fingerprint density at radius 1 is 0.806 bits per heavy atom. The van der Waals surface area contributed by atoms with Gasteiger partial charge in [-0.15, -0.1) is 0 Å². The molecule has 0 bridgehead atoms. The number of carbonyl (C=O) groups excluding carboxylic acids is 2. The van der Waals surface area contributed by atoms with Crippen LogP contribution in [0.4, 0.5) is 11.4 Å². The van der Waals surface area contributed by atoms with Crippen LogP contribution in [0.15, 0.2) is 36.4 Å². The molecule has 2 N–H and O–H groups in total. The fourth-order valence-electron chi connectivity index (χ4n) is 5.22. The SMILES string of the molecule is CC[PH](CC)(CC(=O)Nc1c(C)cccc1C)C1(C(=O)Nc2c(C)cccc2C)CC1. The van der Waals surface area contributed by atoms with Crippen molar-refractivity contribution in [1.82, 2.24) is 0 Å². The molecule has 1 fully saturated rings. The van der Waals surface area contributed by atoms with Crippen molar-refractivity contribution < 1.29 is 9.59 Å². The van der Waals surface area contributed by atoms with E-state index >= 15 is 0 Å². The molecule has 3 rings (SSSR count). The Bertz CT molecular complexity index is 950. The first kappa shape index (κ1) is 23.5. The number of benzene rings is 2. The van der Waals surface area contributed by atoms with Gasteiger partial charge in [0.25, 0.3) is 0 Å². The number of anilines is 2. The van der Waals surface area contributed by atoms with E-state index in [2.05, 4.69) is 24.5 Å². The van der Waals surface area contributed by atoms with Crippen LogP contribution in [0.1, 0.15) is 48.9 Å². The van der Waals surface area contributed by atoms with Gasteiger partial charge < -0.3 is 0 Å². The quantitative estimate of drug-likeness (QED) is 0.508. The molecular weight excluding hydrogens is 403 g/mol. The second-order valence-corrected chi connectivity index (χ2v) is 14.6. The van der Waals surface area contributed by atoms with E-state index in [9.17, 15) is 9.59 Å². The summed E-state index contributed by atoms with van der Waals surface area (Å²) in [4.78, 5) is 26.8. The number of carbonyl (C=O) groups is 2. The third-order valence-corrected chi connectivity index (χ3v) is 14.0. The number of hydrogen-bond donors (Lipinski definition) is 2. The van der Waals surface area contributed by atoms with Crippen molar-refractivity contribution in [1.29, 1.82) is 0 Å². The van der Waals surface area contributed by atoms with Crippen LogP contribution in [0.2, 0.25) is 0 Å². The monoisotopic (exact) mass is 440 g/mol. The summed E-state index contributed by atoms with van der Waals surface area (Å²) in [6.45, 7) is 12.5. The minimum absolute atomic E-state index is 0.0545. The Balaban J connectivity index is 1.84. The van der Waals surface area contributed by atoms with Crippen LogP contribution in [0.5, 0.6) is 0 Å². The first-order chi connectivity index (χ1) is 14.7. The molecule has 0 aliphatic heterocycles. The van der Waals surface area contributed by atoms with Crippen molar-refractivity contribution in [3.63, 3.8) is 0 Å². The van der Waals surface area contributed by atoms with Gasteiger partial charge in [0.2, 0.25) is 0 Å². The molecule has 0 spiro atoms. The average Bonchev–Trinajstić information content (AvgIpc) is 3.54. The number of para-hydroxylation sites is 2. The third-order valence-electron chi connectivity index (χ3n) is 7.52. The summed E-state index contributed by atoms with van der Waals surface area (Å²) in [5.74, 6) is 0.180. The molecule has 0 unspecified atom stereocenters. The summed E-state index contributed by atoms with van der Waals surface area (Å²) in [5.41, 5.74) is 6.14. The molecule has 0 atom stereocenters. The Kier molecular flexibility index (Phi) is 6.91. The normalized spacial score (nSPS) is 15.3. The minimum atomic E-state index is -2.19. The zero-order valence-corrected chi connectivity index (χ0v) is 20.8. The molecule has 1 aliphatic rings. The predicted octanol–water partition coefficient (Wildman–Crippen LogP) is 5.82. The van der Waals surface area contributed by atoms with Crippen LogP contribution < -0.4 is 10.6 Å². The van der Waals surface area contributed by atoms with E-state index in [-0.39, 0.29) is 17.0 Å². The van der Waals surface area contributed by atoms with Crippen molar-refractivity contribution in [3.05, 3.63) is 58.7 Å². The first-order valence-corrected chi connectivity index (χ1v) is 14.1. The van der Waals surface area contributed by atoms with Crippen molar-refractivity contribution >= 4 is 30.5 Å². The fourth-order valence-corrected chi connectivity index (χ4v) is 10.3. The standard InChI is InChI=1S/C26H37N2O2P/c1-7-31(8-2,17-22(29)27-23-18(3)11-9-12-19(23)4)26(15-16-26)25(30)28-24-20(5)13-10-14-21(24)6/h9-14,31H,7-8,15-17H2,1-6H3,(H,27,29)(H,28,30). The average molecular weight is 441 g/mol. The van der Waals surface area contributed by atoms with Gasteiger partial charge in [-0.3, -0.25) is 0 Å². The van der Waals surface area contributed by atoms with Crippen LogP contribution in [-0.2, 0) is 9.59 Å². The number of nitrogens with one attached hydrogen (secondary N) is 2. The van der Waals surface area contributed by atoms with Crippen LogP contribution in [-0.4, -0.2) is 35.5 Å². The third kappa shape index (κ3) is 4.41. The molecule has 2 aromatic rings. The zero-order valence-electron chi connectivity index (χ0n) is 19.8. The first-order valence-electron chi connectivity index (χ1n) is 11.4. The summed E-state index contributed by atoms with van der Waals surface area (Å²) in [6.07, 6.45) is 4.16. The molecule has 168 valence electrons. The number of rotatable bonds is 8. The summed E-state index contributed by atoms with van der Waals surface area (Å²) in [6, 6.07) is 12.1. The second-order valence-electron chi connectivity index (χ2n) is 9.28. The maximum atomic E-state index is 13.6. The summed E-state index contributed by atoms with van der Waals surface area (Å²) < 4.78 is 0. The Morgan fingerprint density at radius 2 is 1.23 bits per heavy atom. The van der Waals surface area contributed by atoms with Crippen LogP contribution in [0, 0.1) is 27.7 Å². The Morgan fingerprint density at radius 3 is 1.61 bits per heavy atom. The van der Waals surface area contributed by atoms with E-state index in [1.54, 1.807) is 0 Å². The van der Waals surface area contributed by atoms with Gasteiger partial charge in [-0.1, -0.05) is 0 Å². The van der Waals surface area contributed by atoms with Crippen LogP contribution in [0.25, 0.3) is 0 Å². The van der Waals surface area contributed by atoms with E-state index in [0.717, 1.165) is 58.8 Å². The molecular formula is C26H37N2O2P. The summed E-state index contributed by atoms with van der Waals surface area (Å²) in [7, 11) is -2.19. The van der Waals surface area contributed by atoms with Gasteiger partial charge in [-0.2, -0.15) is 0 Å². The maximum absolute atomic E-state index is 13.6. The summed E-state index contributed by atoms with van der Waals surface area (Å²) in [5, 5.41) is 6.09. The van der Waals surface area contributed by atoms with Crippen molar-refractivity contribution in [3.8, 4) is 0 Å². The van der Waals surface area contributed by atoms with Gasteiger partial charge in [0, 0.05) is 0 Å². The van der Waals surface area contributed by atoms with E-state index in [1.807, 2.05) is 64.1 Å². The molecule has 0 radical (unpaired) electrons. The van der Waals surface area contributed by atoms with E-state index in [1.165, 1.54) is 0 Å². The van der Waals surface area contributed by atoms with E-state index in [0.29, 0.717) is 6.16 Å². The van der Waals surface area contributed by atoms with Gasteiger partial charge in [-0.25, -0.2) is 0 Å². The molecule has 5 heteroatoms. The predicted molar refractivity (Wildman–Crippen MR) is 135 cm³/mol. The van der Waals surface area contributed by atoms with E-state index < -0.39 is 7.26 Å². The molecule has 31 heavy (non-hydrogen) atoms. The van der Waals surface area contributed by atoms with Crippen molar-refractivity contribution in [2.45, 2.75) is 59.5 Å². The molecule has 2 amide bonds.